The van der Waals surface area contributed by atoms with Crippen LogP contribution in [0.25, 0.3) is 0 Å². The van der Waals surface area contributed by atoms with Crippen LogP contribution in [0.1, 0.15) is 10.4 Å². The molecule has 0 saturated carbocycles. The highest BCUT2D eigenvalue weighted by Gasteiger charge is 2.13. The molecule has 0 aliphatic carbocycles. The molecule has 3 aromatic carbocycles. The lowest BCUT2D eigenvalue weighted by Crippen LogP contribution is -2.12. The number of sulfonamides is 1. The number of Topliss-reactive ketones (excluding diaryl/α,β-unsaturated/α-hetero) is 1. The summed E-state index contributed by atoms with van der Waals surface area (Å²) in [5.74, 6) is 0.392. The second kappa shape index (κ2) is 8.21. The van der Waals surface area contributed by atoms with Gasteiger partial charge in [-0.25, -0.2) is 8.42 Å². The predicted molar refractivity (Wildman–Crippen MR) is 105 cm³/mol. The first-order valence-electron chi connectivity index (χ1n) is 7.93. The zero-order valence-electron chi connectivity index (χ0n) is 13.8. The molecule has 4 nitrogen and oxygen atoms in total. The van der Waals surface area contributed by atoms with Crippen molar-refractivity contribution >= 4 is 33.3 Å². The van der Waals surface area contributed by atoms with Gasteiger partial charge in [0.15, 0.2) is 5.78 Å². The van der Waals surface area contributed by atoms with Crippen molar-refractivity contribution in [1.29, 1.82) is 0 Å². The maximum Gasteiger partial charge on any atom is 0.261 e. The summed E-state index contributed by atoms with van der Waals surface area (Å²) in [4.78, 5) is 13.2. The Hall–Kier alpha value is -2.57. The molecule has 1 N–H and O–H groups in total. The fourth-order valence-corrected chi connectivity index (χ4v) is 4.16. The molecule has 0 fully saturated rings. The first kappa shape index (κ1) is 18.2. The van der Waals surface area contributed by atoms with E-state index in [0.717, 1.165) is 4.90 Å². The fourth-order valence-electron chi connectivity index (χ4n) is 2.29. The van der Waals surface area contributed by atoms with Crippen LogP contribution in [0.3, 0.4) is 0 Å². The number of nitrogens with one attached hydrogen (secondary N) is 1. The molecule has 3 aromatic rings. The van der Waals surface area contributed by atoms with Gasteiger partial charge in [-0.05, 0) is 36.4 Å². The van der Waals surface area contributed by atoms with Gasteiger partial charge in [0.1, 0.15) is 0 Å². The highest BCUT2D eigenvalue weighted by Crippen LogP contribution is 2.23. The number of carbonyl (C=O) groups excluding carboxylic acids is 1. The van der Waals surface area contributed by atoms with Gasteiger partial charge in [-0.15, -0.1) is 11.8 Å². The quantitative estimate of drug-likeness (QED) is 0.483. The van der Waals surface area contributed by atoms with Gasteiger partial charge in [0.25, 0.3) is 10.0 Å². The van der Waals surface area contributed by atoms with Crippen LogP contribution in [0.5, 0.6) is 0 Å². The summed E-state index contributed by atoms with van der Waals surface area (Å²) in [5, 5.41) is 0. The summed E-state index contributed by atoms with van der Waals surface area (Å²) in [6.45, 7) is 0. The third kappa shape index (κ3) is 4.74. The van der Waals surface area contributed by atoms with Crippen molar-refractivity contribution in [3.63, 3.8) is 0 Å². The van der Waals surface area contributed by atoms with Gasteiger partial charge in [-0.1, -0.05) is 48.5 Å². The van der Waals surface area contributed by atoms with Gasteiger partial charge in [-0.2, -0.15) is 0 Å². The van der Waals surface area contributed by atoms with Crippen molar-refractivity contribution in [2.24, 2.45) is 0 Å². The van der Waals surface area contributed by atoms with Crippen LogP contribution < -0.4 is 4.72 Å². The second-order valence-electron chi connectivity index (χ2n) is 5.52. The molecule has 26 heavy (non-hydrogen) atoms. The van der Waals surface area contributed by atoms with Crippen molar-refractivity contribution in [2.45, 2.75) is 9.79 Å². The van der Waals surface area contributed by atoms with E-state index in [1.165, 1.54) is 11.8 Å². The van der Waals surface area contributed by atoms with Crippen molar-refractivity contribution in [3.05, 3.63) is 90.5 Å². The van der Waals surface area contributed by atoms with Gasteiger partial charge in [-0.3, -0.25) is 9.52 Å². The molecule has 0 unspecified atom stereocenters. The zero-order valence-corrected chi connectivity index (χ0v) is 15.5. The van der Waals surface area contributed by atoms with Crippen LogP contribution >= 0.6 is 11.8 Å². The minimum Gasteiger partial charge on any atom is -0.293 e. The molecule has 132 valence electrons. The van der Waals surface area contributed by atoms with Gasteiger partial charge < -0.3 is 0 Å². The number of hydrogen-bond donors (Lipinski definition) is 1. The highest BCUT2D eigenvalue weighted by molar-refractivity contribution is 8.00. The van der Waals surface area contributed by atoms with Crippen molar-refractivity contribution in [1.82, 2.24) is 0 Å². The van der Waals surface area contributed by atoms with Crippen LogP contribution in [0.15, 0.2) is 94.7 Å². The Morgan fingerprint density at radius 1 is 0.808 bits per heavy atom. The molecule has 0 amide bonds. The average molecular weight is 383 g/mol. The lowest BCUT2D eigenvalue weighted by Gasteiger charge is -2.08. The Balaban J connectivity index is 1.61. The fraction of sp³-hybridized carbons (Fsp3) is 0.0500. The number of anilines is 1. The van der Waals surface area contributed by atoms with E-state index in [-0.39, 0.29) is 10.7 Å². The lowest BCUT2D eigenvalue weighted by molar-refractivity contribution is 0.102. The number of benzene rings is 3. The third-order valence-electron chi connectivity index (χ3n) is 3.63. The second-order valence-corrected chi connectivity index (χ2v) is 8.25. The molecule has 6 heteroatoms. The smallest absolute Gasteiger partial charge is 0.261 e. The third-order valence-corrected chi connectivity index (χ3v) is 6.03. The molecule has 0 atom stereocenters. The van der Waals surface area contributed by atoms with Crippen molar-refractivity contribution < 1.29 is 13.2 Å². The molecule has 0 aliphatic rings. The monoisotopic (exact) mass is 383 g/mol. The Kier molecular flexibility index (Phi) is 5.75. The number of ketones is 1. The number of thioether (sulfide) groups is 1. The van der Waals surface area contributed by atoms with E-state index in [9.17, 15) is 13.2 Å². The lowest BCUT2D eigenvalue weighted by atomic mass is 10.2. The predicted octanol–water partition coefficient (Wildman–Crippen LogP) is 4.46. The largest absolute Gasteiger partial charge is 0.293 e. The topological polar surface area (TPSA) is 63.2 Å². The first-order chi connectivity index (χ1) is 12.5. The summed E-state index contributed by atoms with van der Waals surface area (Å²) < 4.78 is 27.1. The molecular weight excluding hydrogens is 366 g/mol. The van der Waals surface area contributed by atoms with E-state index in [2.05, 4.69) is 4.72 Å². The Bertz CT molecular complexity index is 971. The Morgan fingerprint density at radius 3 is 2.00 bits per heavy atom. The van der Waals surface area contributed by atoms with Gasteiger partial charge in [0.2, 0.25) is 0 Å². The SMILES string of the molecule is O=C(CSc1ccc(NS(=O)(=O)c2ccccc2)cc1)c1ccccc1. The zero-order chi connectivity index (χ0) is 18.4. The van der Waals surface area contributed by atoms with E-state index in [1.54, 1.807) is 66.7 Å². The summed E-state index contributed by atoms with van der Waals surface area (Å²) in [5.41, 5.74) is 1.17. The Labute approximate surface area is 157 Å². The minimum absolute atomic E-state index is 0.0597. The van der Waals surface area contributed by atoms with Gasteiger partial charge in [0.05, 0.1) is 10.6 Å². The Morgan fingerprint density at radius 2 is 1.38 bits per heavy atom. The molecule has 0 spiro atoms. The summed E-state index contributed by atoms with van der Waals surface area (Å²) in [6.07, 6.45) is 0. The summed E-state index contributed by atoms with van der Waals surface area (Å²) in [6, 6.07) is 24.3. The molecule has 0 aliphatic heterocycles. The number of carbonyl (C=O) groups is 1. The average Bonchev–Trinajstić information content (AvgIpc) is 2.68. The molecular formula is C20H17NO3S2. The van der Waals surface area contributed by atoms with E-state index in [4.69, 9.17) is 0 Å². The summed E-state index contributed by atoms with van der Waals surface area (Å²) >= 11 is 1.42. The molecule has 0 saturated heterocycles. The van der Waals surface area contributed by atoms with Crippen LogP contribution in [-0.4, -0.2) is 20.0 Å². The van der Waals surface area contributed by atoms with Crippen LogP contribution in [-0.2, 0) is 10.0 Å². The standard InChI is InChI=1S/C20H17NO3S2/c22-20(16-7-3-1-4-8-16)15-25-18-13-11-17(12-14-18)21-26(23,24)19-9-5-2-6-10-19/h1-14,21H,15H2. The molecule has 0 heterocycles. The summed E-state index contributed by atoms with van der Waals surface area (Å²) in [7, 11) is -3.60. The molecule has 0 bridgehead atoms. The van der Waals surface area contributed by atoms with E-state index < -0.39 is 10.0 Å². The van der Waals surface area contributed by atoms with Crippen molar-refractivity contribution in [2.75, 3.05) is 10.5 Å². The van der Waals surface area contributed by atoms with E-state index in [0.29, 0.717) is 17.0 Å². The van der Waals surface area contributed by atoms with Gasteiger partial charge in [0, 0.05) is 16.1 Å². The maximum absolute atomic E-state index is 12.3. The van der Waals surface area contributed by atoms with Crippen LogP contribution in [0.4, 0.5) is 5.69 Å². The van der Waals surface area contributed by atoms with Crippen LogP contribution in [0.2, 0.25) is 0 Å². The maximum atomic E-state index is 12.3. The van der Waals surface area contributed by atoms with Gasteiger partial charge >= 0.3 is 0 Å². The first-order valence-corrected chi connectivity index (χ1v) is 10.4. The van der Waals surface area contributed by atoms with E-state index in [1.807, 2.05) is 18.2 Å². The minimum atomic E-state index is -3.60. The number of hydrogen-bond acceptors (Lipinski definition) is 4. The van der Waals surface area contributed by atoms with E-state index >= 15 is 0 Å². The normalized spacial score (nSPS) is 11.1. The molecule has 0 aromatic heterocycles. The molecule has 0 radical (unpaired) electrons. The van der Waals surface area contributed by atoms with Crippen molar-refractivity contribution in [3.8, 4) is 0 Å². The number of rotatable bonds is 7. The molecule has 3 rings (SSSR count). The van der Waals surface area contributed by atoms with Crippen LogP contribution in [0, 0.1) is 0 Å². The highest BCUT2D eigenvalue weighted by atomic mass is 32.2.